The van der Waals surface area contributed by atoms with E-state index in [0.29, 0.717) is 6.04 Å². The van der Waals surface area contributed by atoms with Gasteiger partial charge in [0.25, 0.3) is 0 Å². The molecule has 72 valence electrons. The molecule has 1 saturated heterocycles. The van der Waals surface area contributed by atoms with E-state index in [1.807, 2.05) is 0 Å². The molecule has 0 aliphatic carbocycles. The SMILES string of the molecule is C[C@H](c1cccs1)N1CC[C@@H](O)C1. The van der Waals surface area contributed by atoms with E-state index >= 15 is 0 Å². The van der Waals surface area contributed by atoms with Crippen LogP contribution in [0.5, 0.6) is 0 Å². The van der Waals surface area contributed by atoms with Gasteiger partial charge in [-0.3, -0.25) is 4.90 Å². The lowest BCUT2D eigenvalue weighted by Crippen LogP contribution is -2.24. The highest BCUT2D eigenvalue weighted by Crippen LogP contribution is 2.27. The zero-order valence-corrected chi connectivity index (χ0v) is 8.63. The van der Waals surface area contributed by atoms with Crippen molar-refractivity contribution in [2.75, 3.05) is 13.1 Å². The number of hydrogen-bond acceptors (Lipinski definition) is 3. The molecule has 0 radical (unpaired) electrons. The Kier molecular flexibility index (Phi) is 2.67. The van der Waals surface area contributed by atoms with Crippen molar-refractivity contribution in [3.8, 4) is 0 Å². The number of aliphatic hydroxyl groups excluding tert-OH is 1. The van der Waals surface area contributed by atoms with Crippen LogP contribution in [-0.4, -0.2) is 29.2 Å². The molecule has 0 bridgehead atoms. The molecule has 2 atom stereocenters. The van der Waals surface area contributed by atoms with Crippen LogP contribution in [0, 0.1) is 0 Å². The standard InChI is InChI=1S/C10H15NOS/c1-8(10-3-2-6-13-10)11-5-4-9(12)7-11/h2-3,6,8-9,12H,4-5,7H2,1H3/t8-,9-/m1/s1. The van der Waals surface area contributed by atoms with Crippen LogP contribution in [-0.2, 0) is 0 Å². The van der Waals surface area contributed by atoms with E-state index in [1.165, 1.54) is 4.88 Å². The van der Waals surface area contributed by atoms with Gasteiger partial charge in [0, 0.05) is 24.0 Å². The molecule has 0 saturated carbocycles. The number of β-amino-alcohol motifs (C(OH)–C–C–N with tert-alkyl or cyclic N) is 1. The molecule has 1 N–H and O–H groups in total. The van der Waals surface area contributed by atoms with Crippen LogP contribution in [0.3, 0.4) is 0 Å². The summed E-state index contributed by atoms with van der Waals surface area (Å²) in [5.74, 6) is 0. The number of nitrogens with zero attached hydrogens (tertiary/aromatic N) is 1. The molecule has 1 fully saturated rings. The predicted octanol–water partition coefficient (Wildman–Crippen LogP) is 1.88. The highest BCUT2D eigenvalue weighted by Gasteiger charge is 2.25. The van der Waals surface area contributed by atoms with Gasteiger partial charge in [-0.25, -0.2) is 0 Å². The van der Waals surface area contributed by atoms with Crippen molar-refractivity contribution in [2.45, 2.75) is 25.5 Å². The Labute approximate surface area is 82.8 Å². The zero-order valence-electron chi connectivity index (χ0n) is 7.81. The van der Waals surface area contributed by atoms with Crippen LogP contribution >= 0.6 is 11.3 Å². The summed E-state index contributed by atoms with van der Waals surface area (Å²) in [6.07, 6.45) is 0.817. The number of aliphatic hydroxyl groups is 1. The van der Waals surface area contributed by atoms with Crippen LogP contribution in [0.2, 0.25) is 0 Å². The van der Waals surface area contributed by atoms with Crippen LogP contribution in [0.25, 0.3) is 0 Å². The van der Waals surface area contributed by atoms with Gasteiger partial charge in [-0.1, -0.05) is 6.07 Å². The van der Waals surface area contributed by atoms with Crippen molar-refractivity contribution in [3.63, 3.8) is 0 Å². The number of rotatable bonds is 2. The highest BCUT2D eigenvalue weighted by molar-refractivity contribution is 7.10. The molecule has 2 nitrogen and oxygen atoms in total. The summed E-state index contributed by atoms with van der Waals surface area (Å²) in [5, 5.41) is 11.5. The molecule has 0 aromatic carbocycles. The normalized spacial score (nSPS) is 26.5. The Morgan fingerprint density at radius 2 is 2.54 bits per heavy atom. The first-order valence-corrected chi connectivity index (χ1v) is 5.61. The van der Waals surface area contributed by atoms with Gasteiger partial charge in [-0.2, -0.15) is 0 Å². The summed E-state index contributed by atoms with van der Waals surface area (Å²) in [6.45, 7) is 4.07. The van der Waals surface area contributed by atoms with E-state index in [2.05, 4.69) is 29.3 Å². The minimum Gasteiger partial charge on any atom is -0.392 e. The summed E-state index contributed by atoms with van der Waals surface area (Å²) in [4.78, 5) is 3.74. The van der Waals surface area contributed by atoms with Gasteiger partial charge >= 0.3 is 0 Å². The van der Waals surface area contributed by atoms with E-state index < -0.39 is 0 Å². The molecule has 1 aromatic heterocycles. The van der Waals surface area contributed by atoms with Gasteiger partial charge in [0.05, 0.1) is 6.10 Å². The smallest absolute Gasteiger partial charge is 0.0679 e. The fourth-order valence-corrected chi connectivity index (χ4v) is 2.65. The second-order valence-corrected chi connectivity index (χ2v) is 4.61. The van der Waals surface area contributed by atoms with Crippen molar-refractivity contribution in [2.24, 2.45) is 0 Å². The maximum atomic E-state index is 9.41. The Morgan fingerprint density at radius 3 is 3.08 bits per heavy atom. The molecule has 0 amide bonds. The second kappa shape index (κ2) is 3.78. The molecule has 1 aromatic rings. The Balaban J connectivity index is 2.02. The minimum atomic E-state index is -0.109. The van der Waals surface area contributed by atoms with E-state index in [9.17, 15) is 5.11 Å². The van der Waals surface area contributed by atoms with Gasteiger partial charge < -0.3 is 5.11 Å². The zero-order chi connectivity index (χ0) is 9.26. The lowest BCUT2D eigenvalue weighted by Gasteiger charge is -2.22. The number of thiophene rings is 1. The van der Waals surface area contributed by atoms with Crippen molar-refractivity contribution in [1.29, 1.82) is 0 Å². The van der Waals surface area contributed by atoms with Crippen molar-refractivity contribution in [3.05, 3.63) is 22.4 Å². The Bertz CT molecular complexity index is 260. The van der Waals surface area contributed by atoms with E-state index in [4.69, 9.17) is 0 Å². The first kappa shape index (κ1) is 9.19. The van der Waals surface area contributed by atoms with Crippen LogP contribution in [0.1, 0.15) is 24.3 Å². The molecule has 0 spiro atoms. The molecule has 3 heteroatoms. The number of likely N-dealkylation sites (tertiary alicyclic amines) is 1. The largest absolute Gasteiger partial charge is 0.392 e. The van der Waals surface area contributed by atoms with Crippen LogP contribution in [0.15, 0.2) is 17.5 Å². The molecule has 0 unspecified atom stereocenters. The maximum Gasteiger partial charge on any atom is 0.0679 e. The molecule has 13 heavy (non-hydrogen) atoms. The van der Waals surface area contributed by atoms with Gasteiger partial charge in [-0.05, 0) is 24.8 Å². The average Bonchev–Trinajstić information content (AvgIpc) is 2.72. The average molecular weight is 197 g/mol. The summed E-state index contributed by atoms with van der Waals surface area (Å²) in [7, 11) is 0. The minimum absolute atomic E-state index is 0.109. The topological polar surface area (TPSA) is 23.5 Å². The molecule has 1 aliphatic heterocycles. The number of hydrogen-bond donors (Lipinski definition) is 1. The third-order valence-corrected chi connectivity index (χ3v) is 3.74. The predicted molar refractivity (Wildman–Crippen MR) is 54.9 cm³/mol. The quantitative estimate of drug-likeness (QED) is 0.782. The van der Waals surface area contributed by atoms with Crippen LogP contribution in [0.4, 0.5) is 0 Å². The van der Waals surface area contributed by atoms with Crippen molar-refractivity contribution < 1.29 is 5.11 Å². The molecule has 2 heterocycles. The fourth-order valence-electron chi connectivity index (χ4n) is 1.83. The summed E-state index contributed by atoms with van der Waals surface area (Å²) in [5.41, 5.74) is 0. The monoisotopic (exact) mass is 197 g/mol. The van der Waals surface area contributed by atoms with Crippen molar-refractivity contribution >= 4 is 11.3 Å². The first-order chi connectivity index (χ1) is 6.27. The van der Waals surface area contributed by atoms with Gasteiger partial charge in [0.1, 0.15) is 0 Å². The molecular formula is C10H15NOS. The maximum absolute atomic E-state index is 9.41. The highest BCUT2D eigenvalue weighted by atomic mass is 32.1. The van der Waals surface area contributed by atoms with Gasteiger partial charge in [-0.15, -0.1) is 11.3 Å². The summed E-state index contributed by atoms with van der Waals surface area (Å²) < 4.78 is 0. The fraction of sp³-hybridized carbons (Fsp3) is 0.600. The van der Waals surface area contributed by atoms with E-state index in [1.54, 1.807) is 11.3 Å². The van der Waals surface area contributed by atoms with E-state index in [0.717, 1.165) is 19.5 Å². The Hall–Kier alpha value is -0.380. The van der Waals surface area contributed by atoms with Crippen molar-refractivity contribution in [1.82, 2.24) is 4.90 Å². The first-order valence-electron chi connectivity index (χ1n) is 4.73. The molecule has 1 aliphatic rings. The molecule has 2 rings (SSSR count). The second-order valence-electron chi connectivity index (χ2n) is 3.63. The van der Waals surface area contributed by atoms with Gasteiger partial charge in [0.2, 0.25) is 0 Å². The third-order valence-electron chi connectivity index (χ3n) is 2.70. The van der Waals surface area contributed by atoms with E-state index in [-0.39, 0.29) is 6.10 Å². The summed E-state index contributed by atoms with van der Waals surface area (Å²) in [6, 6.07) is 4.72. The third kappa shape index (κ3) is 1.93. The Morgan fingerprint density at radius 1 is 1.69 bits per heavy atom. The van der Waals surface area contributed by atoms with Gasteiger partial charge in [0.15, 0.2) is 0 Å². The lowest BCUT2D eigenvalue weighted by atomic mass is 10.2. The van der Waals surface area contributed by atoms with Crippen LogP contribution < -0.4 is 0 Å². The lowest BCUT2D eigenvalue weighted by molar-refractivity contribution is 0.164. The molecular weight excluding hydrogens is 182 g/mol. The summed E-state index contributed by atoms with van der Waals surface area (Å²) >= 11 is 1.80.